The Labute approximate surface area is 69.8 Å². The maximum absolute atomic E-state index is 10.3. The van der Waals surface area contributed by atoms with Gasteiger partial charge in [0.1, 0.15) is 6.04 Å². The molecule has 3 nitrogen and oxygen atoms in total. The standard InChI is InChI=1S/C7H17NO2Si/c1-2-3-4-11-5-6(8)7(9)10/h6H,2-5,8,11H2,1H3,(H,9,10). The highest BCUT2D eigenvalue weighted by Gasteiger charge is 2.09. The summed E-state index contributed by atoms with van der Waals surface area (Å²) in [5, 5.41) is 8.44. The van der Waals surface area contributed by atoms with Crippen LogP contribution in [0.5, 0.6) is 0 Å². The molecule has 66 valence electrons. The number of nitrogens with two attached hydrogens (primary N) is 1. The molecule has 0 rings (SSSR count). The molecule has 0 saturated heterocycles. The molecule has 11 heavy (non-hydrogen) atoms. The third-order valence-corrected chi connectivity index (χ3v) is 3.72. The molecule has 0 aliphatic carbocycles. The molecule has 0 bridgehead atoms. The van der Waals surface area contributed by atoms with Gasteiger partial charge in [0.25, 0.3) is 0 Å². The molecule has 0 aliphatic rings. The smallest absolute Gasteiger partial charge is 0.320 e. The molecular weight excluding hydrogens is 158 g/mol. The van der Waals surface area contributed by atoms with Crippen LogP contribution in [0.2, 0.25) is 12.1 Å². The lowest BCUT2D eigenvalue weighted by Crippen LogP contribution is -2.30. The lowest BCUT2D eigenvalue weighted by molar-refractivity contribution is -0.138. The summed E-state index contributed by atoms with van der Waals surface area (Å²) in [5.41, 5.74) is 5.33. The van der Waals surface area contributed by atoms with Crippen molar-refractivity contribution in [1.82, 2.24) is 0 Å². The molecule has 1 atom stereocenters. The number of unbranched alkanes of at least 4 members (excludes halogenated alkanes) is 1. The van der Waals surface area contributed by atoms with Crippen LogP contribution in [-0.2, 0) is 4.79 Å². The van der Waals surface area contributed by atoms with Crippen molar-refractivity contribution >= 4 is 15.5 Å². The number of aliphatic carboxylic acids is 1. The number of carbonyl (C=O) groups is 1. The highest BCUT2D eigenvalue weighted by molar-refractivity contribution is 6.36. The molecule has 4 heteroatoms. The highest BCUT2D eigenvalue weighted by Crippen LogP contribution is 1.97. The summed E-state index contributed by atoms with van der Waals surface area (Å²) < 4.78 is 0. The molecule has 0 aromatic carbocycles. The number of carboxylic acid groups (broad SMARTS) is 1. The average molecular weight is 175 g/mol. The van der Waals surface area contributed by atoms with Gasteiger partial charge in [-0.25, -0.2) is 0 Å². The average Bonchev–Trinajstić information content (AvgIpc) is 1.97. The summed E-state index contributed by atoms with van der Waals surface area (Å²) >= 11 is 0. The monoisotopic (exact) mass is 175 g/mol. The lowest BCUT2D eigenvalue weighted by Gasteiger charge is -2.03. The second kappa shape index (κ2) is 6.36. The third kappa shape index (κ3) is 6.06. The van der Waals surface area contributed by atoms with Gasteiger partial charge in [-0.15, -0.1) is 0 Å². The second-order valence-corrected chi connectivity index (χ2v) is 4.79. The van der Waals surface area contributed by atoms with Gasteiger partial charge >= 0.3 is 5.97 Å². The minimum absolute atomic E-state index is 0.196. The molecule has 0 spiro atoms. The molecule has 0 saturated carbocycles. The first-order valence-electron chi connectivity index (χ1n) is 4.17. The van der Waals surface area contributed by atoms with Gasteiger partial charge in [-0.2, -0.15) is 0 Å². The van der Waals surface area contributed by atoms with Crippen LogP contribution in [0.15, 0.2) is 0 Å². The van der Waals surface area contributed by atoms with Crippen molar-refractivity contribution in [2.45, 2.75) is 37.9 Å². The maximum atomic E-state index is 10.3. The van der Waals surface area contributed by atoms with Crippen molar-refractivity contribution < 1.29 is 9.90 Å². The van der Waals surface area contributed by atoms with E-state index in [0.29, 0.717) is 0 Å². The van der Waals surface area contributed by atoms with Gasteiger partial charge in [0, 0.05) is 9.52 Å². The van der Waals surface area contributed by atoms with Crippen molar-refractivity contribution in [3.63, 3.8) is 0 Å². The van der Waals surface area contributed by atoms with Crippen LogP contribution in [0, 0.1) is 0 Å². The zero-order chi connectivity index (χ0) is 8.69. The molecule has 0 amide bonds. The van der Waals surface area contributed by atoms with E-state index < -0.39 is 12.0 Å². The van der Waals surface area contributed by atoms with Crippen LogP contribution >= 0.6 is 0 Å². The quantitative estimate of drug-likeness (QED) is 0.448. The van der Waals surface area contributed by atoms with Gasteiger partial charge in [0.15, 0.2) is 0 Å². The minimum Gasteiger partial charge on any atom is -0.480 e. The molecule has 0 heterocycles. The summed E-state index contributed by atoms with van der Waals surface area (Å²) in [7, 11) is -0.196. The van der Waals surface area contributed by atoms with E-state index in [-0.39, 0.29) is 9.52 Å². The van der Waals surface area contributed by atoms with Gasteiger partial charge in [-0.3, -0.25) is 4.79 Å². The summed E-state index contributed by atoms with van der Waals surface area (Å²) in [5.74, 6) is -0.853. The highest BCUT2D eigenvalue weighted by atomic mass is 28.2. The Morgan fingerprint density at radius 2 is 2.36 bits per heavy atom. The van der Waals surface area contributed by atoms with E-state index in [1.54, 1.807) is 0 Å². The topological polar surface area (TPSA) is 63.3 Å². The van der Waals surface area contributed by atoms with Crippen molar-refractivity contribution in [3.8, 4) is 0 Å². The van der Waals surface area contributed by atoms with E-state index >= 15 is 0 Å². The summed E-state index contributed by atoms with van der Waals surface area (Å²) in [6.07, 6.45) is 2.44. The van der Waals surface area contributed by atoms with Crippen LogP contribution in [0.3, 0.4) is 0 Å². The van der Waals surface area contributed by atoms with Crippen LogP contribution in [0.25, 0.3) is 0 Å². The summed E-state index contributed by atoms with van der Waals surface area (Å²) in [4.78, 5) is 10.3. The first kappa shape index (κ1) is 10.6. The second-order valence-electron chi connectivity index (χ2n) is 2.79. The Morgan fingerprint density at radius 1 is 1.73 bits per heavy atom. The molecule has 3 N–H and O–H groups in total. The first-order valence-corrected chi connectivity index (χ1v) is 6.17. The normalized spacial score (nSPS) is 14.0. The van der Waals surface area contributed by atoms with E-state index in [0.717, 1.165) is 6.04 Å². The molecule has 0 fully saturated rings. The molecule has 0 aromatic heterocycles. The largest absolute Gasteiger partial charge is 0.480 e. The van der Waals surface area contributed by atoms with Gasteiger partial charge in [-0.05, 0) is 6.04 Å². The van der Waals surface area contributed by atoms with E-state index in [2.05, 4.69) is 6.92 Å². The van der Waals surface area contributed by atoms with Crippen molar-refractivity contribution in [2.24, 2.45) is 5.73 Å². The SMILES string of the molecule is CCCC[SiH2]CC(N)C(=O)O. The van der Waals surface area contributed by atoms with Crippen molar-refractivity contribution in [1.29, 1.82) is 0 Å². The summed E-state index contributed by atoms with van der Waals surface area (Å²) in [6.45, 7) is 2.14. The van der Waals surface area contributed by atoms with Gasteiger partial charge < -0.3 is 10.8 Å². The number of rotatable bonds is 6. The molecule has 1 unspecified atom stereocenters. The van der Waals surface area contributed by atoms with Crippen molar-refractivity contribution in [3.05, 3.63) is 0 Å². The Balaban J connectivity index is 3.17. The van der Waals surface area contributed by atoms with Gasteiger partial charge in [0.05, 0.1) is 0 Å². The molecule has 0 aliphatic heterocycles. The Kier molecular flexibility index (Phi) is 6.16. The maximum Gasteiger partial charge on any atom is 0.320 e. The van der Waals surface area contributed by atoms with E-state index in [1.807, 2.05) is 0 Å². The van der Waals surface area contributed by atoms with E-state index in [1.165, 1.54) is 18.9 Å². The Bertz CT molecular complexity index is 119. The van der Waals surface area contributed by atoms with Crippen molar-refractivity contribution in [2.75, 3.05) is 0 Å². The summed E-state index contributed by atoms with van der Waals surface area (Å²) in [6, 6.07) is 1.38. The Hall–Kier alpha value is -0.353. The first-order chi connectivity index (χ1) is 5.18. The lowest BCUT2D eigenvalue weighted by atomic mass is 10.4. The Morgan fingerprint density at radius 3 is 2.82 bits per heavy atom. The fourth-order valence-corrected chi connectivity index (χ4v) is 2.74. The number of hydrogen-bond acceptors (Lipinski definition) is 2. The van der Waals surface area contributed by atoms with Crippen LogP contribution in [0.4, 0.5) is 0 Å². The number of carboxylic acids is 1. The van der Waals surface area contributed by atoms with Gasteiger partial charge in [-0.1, -0.05) is 25.8 Å². The zero-order valence-corrected chi connectivity index (χ0v) is 8.46. The van der Waals surface area contributed by atoms with Crippen LogP contribution < -0.4 is 5.73 Å². The van der Waals surface area contributed by atoms with Crippen LogP contribution in [0.1, 0.15) is 19.8 Å². The minimum atomic E-state index is -0.853. The van der Waals surface area contributed by atoms with Crippen LogP contribution in [-0.4, -0.2) is 26.6 Å². The van der Waals surface area contributed by atoms with E-state index in [4.69, 9.17) is 10.8 Å². The fourth-order valence-electron chi connectivity index (χ4n) is 0.915. The third-order valence-electron chi connectivity index (χ3n) is 1.69. The predicted octanol–water partition coefficient (Wildman–Crippen LogP) is 0.204. The van der Waals surface area contributed by atoms with Gasteiger partial charge in [0.2, 0.25) is 0 Å². The molecule has 0 aromatic rings. The van der Waals surface area contributed by atoms with E-state index in [9.17, 15) is 4.79 Å². The number of hydrogen-bond donors (Lipinski definition) is 2. The zero-order valence-electron chi connectivity index (χ0n) is 7.05. The molecule has 0 radical (unpaired) electrons. The fraction of sp³-hybridized carbons (Fsp3) is 0.857. The predicted molar refractivity (Wildman–Crippen MR) is 48.7 cm³/mol. The molecular formula is C7H17NO2Si.